The summed E-state index contributed by atoms with van der Waals surface area (Å²) in [5, 5.41) is 14.9. The first kappa shape index (κ1) is 20.1. The fourth-order valence-electron chi connectivity index (χ4n) is 3.51. The van der Waals surface area contributed by atoms with E-state index in [0.717, 1.165) is 27.7 Å². The van der Waals surface area contributed by atoms with Crippen molar-refractivity contribution in [1.82, 2.24) is 20.2 Å². The van der Waals surface area contributed by atoms with E-state index in [1.807, 2.05) is 55.1 Å². The first-order valence-corrected chi connectivity index (χ1v) is 10.8. The quantitative estimate of drug-likeness (QED) is 0.430. The Labute approximate surface area is 179 Å². The highest BCUT2D eigenvalue weighted by Gasteiger charge is 2.19. The lowest BCUT2D eigenvalue weighted by atomic mass is 10.1. The van der Waals surface area contributed by atoms with Crippen molar-refractivity contribution < 1.29 is 4.79 Å². The number of aryl methyl sites for hydroxylation is 1. The third-order valence-corrected chi connectivity index (χ3v) is 6.15. The van der Waals surface area contributed by atoms with Crippen LogP contribution in [0.25, 0.3) is 16.5 Å². The van der Waals surface area contributed by atoms with Gasteiger partial charge in [0.1, 0.15) is 0 Å². The molecular weight excluding hydrogens is 394 g/mol. The SMILES string of the molecule is CCN(C(=O)CSc1nnnn1-c1cccc(C)c1C)c1cccc2ccccc12. The predicted octanol–water partition coefficient (Wildman–Crippen LogP) is 4.58. The van der Waals surface area contributed by atoms with Crippen molar-refractivity contribution >= 4 is 34.1 Å². The number of fused-ring (bicyclic) bond motifs is 1. The summed E-state index contributed by atoms with van der Waals surface area (Å²) in [5.74, 6) is 0.275. The standard InChI is InChI=1S/C23H23N5OS/c1-4-27(21-14-8-11-18-10-5-6-12-19(18)21)22(29)15-30-23-24-25-26-28(23)20-13-7-9-16(2)17(20)3/h5-14H,4,15H2,1-3H3. The highest BCUT2D eigenvalue weighted by molar-refractivity contribution is 7.99. The van der Waals surface area contributed by atoms with E-state index in [9.17, 15) is 4.79 Å². The Morgan fingerprint density at radius 2 is 1.80 bits per heavy atom. The molecule has 152 valence electrons. The summed E-state index contributed by atoms with van der Waals surface area (Å²) in [4.78, 5) is 14.9. The van der Waals surface area contributed by atoms with Gasteiger partial charge in [-0.3, -0.25) is 4.79 Å². The lowest BCUT2D eigenvalue weighted by Crippen LogP contribution is -2.32. The molecule has 3 aromatic carbocycles. The van der Waals surface area contributed by atoms with E-state index in [2.05, 4.69) is 46.7 Å². The van der Waals surface area contributed by atoms with Crippen molar-refractivity contribution in [2.24, 2.45) is 0 Å². The first-order valence-electron chi connectivity index (χ1n) is 9.86. The molecule has 1 amide bonds. The third-order valence-electron chi connectivity index (χ3n) is 5.24. The van der Waals surface area contributed by atoms with Crippen LogP contribution < -0.4 is 4.90 Å². The summed E-state index contributed by atoms with van der Waals surface area (Å²) in [6.45, 7) is 6.69. The number of aromatic nitrogens is 4. The van der Waals surface area contributed by atoms with Crippen LogP contribution in [0.4, 0.5) is 5.69 Å². The fraction of sp³-hybridized carbons (Fsp3) is 0.217. The molecule has 6 nitrogen and oxygen atoms in total. The lowest BCUT2D eigenvalue weighted by Gasteiger charge is -2.22. The van der Waals surface area contributed by atoms with Crippen LogP contribution in [0, 0.1) is 13.8 Å². The maximum atomic E-state index is 13.1. The Bertz CT molecular complexity index is 1200. The van der Waals surface area contributed by atoms with Crippen molar-refractivity contribution in [3.05, 3.63) is 71.8 Å². The second-order valence-electron chi connectivity index (χ2n) is 7.02. The zero-order valence-electron chi connectivity index (χ0n) is 17.2. The molecule has 0 N–H and O–H groups in total. The normalized spacial score (nSPS) is 11.0. The number of rotatable bonds is 6. The Morgan fingerprint density at radius 3 is 2.63 bits per heavy atom. The molecule has 1 aromatic heterocycles. The molecule has 0 aliphatic heterocycles. The summed E-state index contributed by atoms with van der Waals surface area (Å²) < 4.78 is 1.70. The van der Waals surface area contributed by atoms with E-state index >= 15 is 0 Å². The second kappa shape index (κ2) is 8.67. The lowest BCUT2D eigenvalue weighted by molar-refractivity contribution is -0.116. The number of anilines is 1. The molecule has 4 rings (SSSR count). The minimum Gasteiger partial charge on any atom is -0.311 e. The van der Waals surface area contributed by atoms with Crippen molar-refractivity contribution in [2.75, 3.05) is 17.2 Å². The molecule has 30 heavy (non-hydrogen) atoms. The highest BCUT2D eigenvalue weighted by Crippen LogP contribution is 2.28. The largest absolute Gasteiger partial charge is 0.311 e. The molecule has 0 fully saturated rings. The molecule has 7 heteroatoms. The molecule has 0 saturated heterocycles. The van der Waals surface area contributed by atoms with Crippen molar-refractivity contribution in [3.8, 4) is 5.69 Å². The van der Waals surface area contributed by atoms with Crippen LogP contribution in [0.15, 0.2) is 65.8 Å². The van der Waals surface area contributed by atoms with Crippen LogP contribution in [0.1, 0.15) is 18.1 Å². The van der Waals surface area contributed by atoms with Crippen LogP contribution in [0.5, 0.6) is 0 Å². The Hall–Kier alpha value is -3.19. The van der Waals surface area contributed by atoms with Gasteiger partial charge in [0.15, 0.2) is 0 Å². The van der Waals surface area contributed by atoms with Crippen LogP contribution in [-0.2, 0) is 4.79 Å². The Morgan fingerprint density at radius 1 is 1.03 bits per heavy atom. The number of benzene rings is 3. The number of hydrogen-bond donors (Lipinski definition) is 0. The van der Waals surface area contributed by atoms with Crippen molar-refractivity contribution in [1.29, 1.82) is 0 Å². The second-order valence-corrected chi connectivity index (χ2v) is 7.96. The van der Waals surface area contributed by atoms with Gasteiger partial charge in [-0.25, -0.2) is 0 Å². The third kappa shape index (κ3) is 3.80. The smallest absolute Gasteiger partial charge is 0.237 e. The fourth-order valence-corrected chi connectivity index (χ4v) is 4.27. The molecule has 0 bridgehead atoms. The van der Waals surface area contributed by atoms with Crippen LogP contribution >= 0.6 is 11.8 Å². The number of carbonyl (C=O) groups is 1. The summed E-state index contributed by atoms with van der Waals surface area (Å²) in [5.41, 5.74) is 4.14. The minimum absolute atomic E-state index is 0.0226. The van der Waals surface area contributed by atoms with Crippen LogP contribution in [0.2, 0.25) is 0 Å². The van der Waals surface area contributed by atoms with Crippen molar-refractivity contribution in [3.63, 3.8) is 0 Å². The topological polar surface area (TPSA) is 63.9 Å². The number of tetrazole rings is 1. The average Bonchev–Trinajstić information content (AvgIpc) is 3.23. The van der Waals surface area contributed by atoms with E-state index in [0.29, 0.717) is 11.7 Å². The zero-order valence-corrected chi connectivity index (χ0v) is 18.1. The van der Waals surface area contributed by atoms with E-state index in [1.54, 1.807) is 4.68 Å². The zero-order chi connectivity index (χ0) is 21.1. The maximum absolute atomic E-state index is 13.1. The molecule has 0 spiro atoms. The van der Waals surface area contributed by atoms with Crippen LogP contribution in [-0.4, -0.2) is 38.4 Å². The summed E-state index contributed by atoms with van der Waals surface area (Å²) >= 11 is 1.35. The summed E-state index contributed by atoms with van der Waals surface area (Å²) in [6, 6.07) is 20.2. The maximum Gasteiger partial charge on any atom is 0.237 e. The van der Waals surface area contributed by atoms with Gasteiger partial charge < -0.3 is 4.90 Å². The van der Waals surface area contributed by atoms with E-state index in [-0.39, 0.29) is 11.7 Å². The molecule has 0 unspecified atom stereocenters. The van der Waals surface area contributed by atoms with Crippen LogP contribution in [0.3, 0.4) is 0 Å². The molecule has 0 atom stereocenters. The van der Waals surface area contributed by atoms with Crippen molar-refractivity contribution in [2.45, 2.75) is 25.9 Å². The predicted molar refractivity (Wildman–Crippen MR) is 121 cm³/mol. The van der Waals surface area contributed by atoms with Gasteiger partial charge in [-0.2, -0.15) is 4.68 Å². The number of nitrogens with zero attached hydrogens (tertiary/aromatic N) is 5. The van der Waals surface area contributed by atoms with Gasteiger partial charge in [0.05, 0.1) is 17.1 Å². The number of thioether (sulfide) groups is 1. The summed E-state index contributed by atoms with van der Waals surface area (Å²) in [7, 11) is 0. The first-order chi connectivity index (χ1) is 14.6. The number of hydrogen-bond acceptors (Lipinski definition) is 5. The Balaban J connectivity index is 1.56. The average molecular weight is 418 g/mol. The van der Waals surface area contributed by atoms with Gasteiger partial charge in [-0.15, -0.1) is 5.10 Å². The van der Waals surface area contributed by atoms with Gasteiger partial charge in [0, 0.05) is 11.9 Å². The van der Waals surface area contributed by atoms with E-state index < -0.39 is 0 Å². The van der Waals surface area contributed by atoms with Gasteiger partial charge >= 0.3 is 0 Å². The monoisotopic (exact) mass is 417 g/mol. The number of carbonyl (C=O) groups excluding carboxylic acids is 1. The van der Waals surface area contributed by atoms with E-state index in [4.69, 9.17) is 0 Å². The molecule has 4 aromatic rings. The highest BCUT2D eigenvalue weighted by atomic mass is 32.2. The van der Waals surface area contributed by atoms with E-state index in [1.165, 1.54) is 17.3 Å². The molecule has 0 aliphatic carbocycles. The molecular formula is C23H23N5OS. The van der Waals surface area contributed by atoms with Gasteiger partial charge in [0.25, 0.3) is 0 Å². The van der Waals surface area contributed by atoms with Gasteiger partial charge in [-0.05, 0) is 59.8 Å². The van der Waals surface area contributed by atoms with Gasteiger partial charge in [0.2, 0.25) is 11.1 Å². The summed E-state index contributed by atoms with van der Waals surface area (Å²) in [6.07, 6.45) is 0. The molecule has 0 radical (unpaired) electrons. The Kier molecular flexibility index (Phi) is 5.81. The molecule has 0 saturated carbocycles. The number of amides is 1. The molecule has 0 aliphatic rings. The van der Waals surface area contributed by atoms with Gasteiger partial charge in [-0.1, -0.05) is 60.3 Å². The molecule has 1 heterocycles. The minimum atomic E-state index is 0.0226.